The van der Waals surface area contributed by atoms with Gasteiger partial charge in [0.25, 0.3) is 0 Å². The van der Waals surface area contributed by atoms with Crippen LogP contribution in [-0.2, 0) is 22.8 Å². The summed E-state index contributed by atoms with van der Waals surface area (Å²) in [6, 6.07) is 0. The second-order valence-corrected chi connectivity index (χ2v) is 6.72. The molecule has 0 saturated carbocycles. The van der Waals surface area contributed by atoms with Crippen LogP contribution in [0.25, 0.3) is 0 Å². The Morgan fingerprint density at radius 2 is 1.63 bits per heavy atom. The van der Waals surface area contributed by atoms with Gasteiger partial charge >= 0.3 is 9.53 Å². The third kappa shape index (κ3) is 10.5. The highest BCUT2D eigenvalue weighted by Gasteiger charge is 2.22. The molecule has 0 bridgehead atoms. The lowest BCUT2D eigenvalue weighted by atomic mass is 10.3. The Labute approximate surface area is 118 Å². The van der Waals surface area contributed by atoms with Crippen molar-refractivity contribution in [1.82, 2.24) is 0 Å². The van der Waals surface area contributed by atoms with Gasteiger partial charge in [-0.05, 0) is 40.5 Å². The van der Waals surface area contributed by atoms with Gasteiger partial charge in [0.15, 0.2) is 0 Å². The molecule has 1 rings (SSSR count). The molecule has 114 valence electrons. The van der Waals surface area contributed by atoms with E-state index in [2.05, 4.69) is 0 Å². The van der Waals surface area contributed by atoms with E-state index in [4.69, 9.17) is 22.8 Å². The van der Waals surface area contributed by atoms with E-state index >= 15 is 0 Å². The van der Waals surface area contributed by atoms with Gasteiger partial charge in [0.05, 0.1) is 13.2 Å². The normalized spacial score (nSPS) is 18.8. The zero-order valence-corrected chi connectivity index (χ0v) is 13.7. The molecule has 0 aliphatic carbocycles. The molecule has 1 saturated heterocycles. The van der Waals surface area contributed by atoms with Gasteiger partial charge in [-0.3, -0.25) is 0 Å². The van der Waals surface area contributed by atoms with E-state index in [1.807, 2.05) is 27.7 Å². The maximum absolute atomic E-state index is 5.72. The summed E-state index contributed by atoms with van der Waals surface area (Å²) in [6.07, 6.45) is 2.62. The molecule has 1 fully saturated rings. The van der Waals surface area contributed by atoms with E-state index in [1.165, 1.54) is 0 Å². The van der Waals surface area contributed by atoms with Crippen molar-refractivity contribution >= 4 is 9.53 Å². The van der Waals surface area contributed by atoms with Gasteiger partial charge in [0, 0.05) is 25.4 Å². The molecule has 1 aliphatic rings. The predicted octanol–water partition coefficient (Wildman–Crippen LogP) is 1.77. The van der Waals surface area contributed by atoms with Crippen molar-refractivity contribution in [2.24, 2.45) is 0 Å². The van der Waals surface area contributed by atoms with Crippen molar-refractivity contribution < 1.29 is 22.8 Å². The van der Waals surface area contributed by atoms with Gasteiger partial charge in [-0.2, -0.15) is 0 Å². The van der Waals surface area contributed by atoms with Crippen LogP contribution in [0.4, 0.5) is 0 Å². The van der Waals surface area contributed by atoms with E-state index in [0.717, 1.165) is 32.7 Å². The van der Waals surface area contributed by atoms with Crippen molar-refractivity contribution in [3.8, 4) is 0 Å². The maximum Gasteiger partial charge on any atom is 0.484 e. The minimum atomic E-state index is -1.98. The quantitative estimate of drug-likeness (QED) is 0.312. The molecular weight excluding hydrogens is 264 g/mol. The molecule has 1 unspecified atom stereocenters. The Morgan fingerprint density at radius 1 is 1.05 bits per heavy atom. The van der Waals surface area contributed by atoms with Crippen LogP contribution >= 0.6 is 0 Å². The van der Waals surface area contributed by atoms with Crippen LogP contribution in [0.3, 0.4) is 0 Å². The molecule has 0 aromatic carbocycles. The van der Waals surface area contributed by atoms with E-state index in [0.29, 0.717) is 12.7 Å². The molecule has 0 amide bonds. The monoisotopic (exact) mass is 292 g/mol. The van der Waals surface area contributed by atoms with Crippen LogP contribution < -0.4 is 0 Å². The van der Waals surface area contributed by atoms with Gasteiger partial charge in [0.1, 0.15) is 6.10 Å². The maximum atomic E-state index is 5.72. The molecule has 0 aromatic heterocycles. The fourth-order valence-corrected chi connectivity index (χ4v) is 2.89. The highest BCUT2D eigenvalue weighted by Crippen LogP contribution is 2.09. The smallest absolute Gasteiger partial charge is 0.379 e. The van der Waals surface area contributed by atoms with Crippen molar-refractivity contribution in [2.75, 3.05) is 26.4 Å². The number of hydrogen-bond donors (Lipinski definition) is 0. The molecular formula is C13H28O5Si. The highest BCUT2D eigenvalue weighted by molar-refractivity contribution is 6.36. The van der Waals surface area contributed by atoms with E-state index in [-0.39, 0.29) is 12.2 Å². The second kappa shape index (κ2) is 9.85. The summed E-state index contributed by atoms with van der Waals surface area (Å²) in [5.41, 5.74) is 0. The van der Waals surface area contributed by atoms with E-state index in [1.54, 1.807) is 0 Å². The van der Waals surface area contributed by atoms with Crippen LogP contribution in [0.1, 0.15) is 40.5 Å². The van der Waals surface area contributed by atoms with Crippen LogP contribution in [0.15, 0.2) is 0 Å². The number of ether oxygens (including phenoxy) is 2. The van der Waals surface area contributed by atoms with Gasteiger partial charge in [0.2, 0.25) is 0 Å². The van der Waals surface area contributed by atoms with Crippen molar-refractivity contribution in [1.29, 1.82) is 0 Å². The molecule has 1 heterocycles. The largest absolute Gasteiger partial charge is 0.484 e. The number of rotatable bonds is 12. The zero-order chi connectivity index (χ0) is 14.1. The van der Waals surface area contributed by atoms with Gasteiger partial charge in [-0.1, -0.05) is 0 Å². The summed E-state index contributed by atoms with van der Waals surface area (Å²) in [5, 5.41) is 0. The molecule has 1 atom stereocenters. The predicted molar refractivity (Wildman–Crippen MR) is 75.3 cm³/mol. The molecule has 0 aromatic rings. The fourth-order valence-electron chi connectivity index (χ4n) is 1.42. The first kappa shape index (κ1) is 17.1. The summed E-state index contributed by atoms with van der Waals surface area (Å²) in [5.74, 6) is 0. The average Bonchev–Trinajstić information content (AvgIpc) is 3.09. The Morgan fingerprint density at radius 3 is 2.16 bits per heavy atom. The van der Waals surface area contributed by atoms with Crippen LogP contribution in [0, 0.1) is 0 Å². The lowest BCUT2D eigenvalue weighted by Crippen LogP contribution is -2.33. The Hall–Kier alpha value is 0.0169. The molecule has 19 heavy (non-hydrogen) atoms. The second-order valence-electron chi connectivity index (χ2n) is 5.27. The van der Waals surface area contributed by atoms with Crippen LogP contribution in [0.5, 0.6) is 0 Å². The summed E-state index contributed by atoms with van der Waals surface area (Å²) in [7, 11) is -1.98. The van der Waals surface area contributed by atoms with Crippen molar-refractivity contribution in [2.45, 2.75) is 58.8 Å². The zero-order valence-electron chi connectivity index (χ0n) is 12.6. The molecule has 1 aliphatic heterocycles. The Bertz CT molecular complexity index is 211. The average molecular weight is 292 g/mol. The molecule has 0 N–H and O–H groups in total. The van der Waals surface area contributed by atoms with E-state index < -0.39 is 9.53 Å². The molecule has 0 radical (unpaired) electrons. The SMILES string of the molecule is CC(C)O[SiH](OCCCCOCC1CO1)OC(C)C. The minimum absolute atomic E-state index is 0.150. The molecule has 5 nitrogen and oxygen atoms in total. The van der Waals surface area contributed by atoms with Crippen molar-refractivity contribution in [3.05, 3.63) is 0 Å². The van der Waals surface area contributed by atoms with Crippen molar-refractivity contribution in [3.63, 3.8) is 0 Å². The van der Waals surface area contributed by atoms with Gasteiger partial charge < -0.3 is 22.8 Å². The lowest BCUT2D eigenvalue weighted by Gasteiger charge is -2.20. The van der Waals surface area contributed by atoms with E-state index in [9.17, 15) is 0 Å². The molecule has 6 heteroatoms. The topological polar surface area (TPSA) is 49.5 Å². The third-order valence-electron chi connectivity index (χ3n) is 2.41. The third-order valence-corrected chi connectivity index (χ3v) is 4.45. The lowest BCUT2D eigenvalue weighted by molar-refractivity contribution is 0.0470. The highest BCUT2D eigenvalue weighted by atomic mass is 28.3. The minimum Gasteiger partial charge on any atom is -0.379 e. The number of hydrogen-bond acceptors (Lipinski definition) is 5. The summed E-state index contributed by atoms with van der Waals surface area (Å²) in [6.45, 7) is 11.0. The first-order valence-corrected chi connectivity index (χ1v) is 8.61. The summed E-state index contributed by atoms with van der Waals surface area (Å²) >= 11 is 0. The fraction of sp³-hybridized carbons (Fsp3) is 1.00. The van der Waals surface area contributed by atoms with Crippen LogP contribution in [-0.4, -0.2) is 54.3 Å². The van der Waals surface area contributed by atoms with Gasteiger partial charge in [-0.15, -0.1) is 0 Å². The first-order valence-electron chi connectivity index (χ1n) is 7.19. The number of unbranched alkanes of at least 4 members (excludes halogenated alkanes) is 1. The standard InChI is InChI=1S/C13H28O5Si/c1-11(2)17-19(18-12(3)4)16-8-6-5-7-14-9-13-10-15-13/h11-13,19H,5-10H2,1-4H3. The number of epoxide rings is 1. The Balaban J connectivity index is 1.96. The first-order chi connectivity index (χ1) is 9.08. The summed E-state index contributed by atoms with van der Waals surface area (Å²) in [4.78, 5) is 0. The summed E-state index contributed by atoms with van der Waals surface area (Å²) < 4.78 is 27.6. The molecule has 0 spiro atoms. The Kier molecular flexibility index (Phi) is 8.85. The van der Waals surface area contributed by atoms with Crippen LogP contribution in [0.2, 0.25) is 0 Å². The van der Waals surface area contributed by atoms with Gasteiger partial charge in [-0.25, -0.2) is 0 Å².